The third-order valence-corrected chi connectivity index (χ3v) is 6.80. The highest BCUT2D eigenvalue weighted by atomic mass is 35.5. The molecule has 2 unspecified atom stereocenters. The number of amides is 1. The van der Waals surface area contributed by atoms with Crippen molar-refractivity contribution in [1.29, 1.82) is 0 Å². The standard InChI is InChI=1S/C23H26ClN3O2S/c1-4-14(2)25-22(28)17-12-20(27(15(17)3)21-10-7-11-29-21)19-13-30-23(26-19)16-8-5-6-9-18(16)24/h5-6,8-9,12-14,21H,4,7,10-11H2,1-3H3,(H,25,28). The summed E-state index contributed by atoms with van der Waals surface area (Å²) < 4.78 is 8.10. The summed E-state index contributed by atoms with van der Waals surface area (Å²) >= 11 is 7.92. The lowest BCUT2D eigenvalue weighted by Crippen LogP contribution is -2.32. The Labute approximate surface area is 186 Å². The van der Waals surface area contributed by atoms with Crippen molar-refractivity contribution in [2.75, 3.05) is 6.61 Å². The molecule has 1 aromatic carbocycles. The molecule has 0 bridgehead atoms. The van der Waals surface area contributed by atoms with E-state index in [0.29, 0.717) is 10.6 Å². The molecule has 7 heteroatoms. The number of aromatic nitrogens is 2. The summed E-state index contributed by atoms with van der Waals surface area (Å²) in [6, 6.07) is 9.78. The van der Waals surface area contributed by atoms with Gasteiger partial charge in [0, 0.05) is 29.3 Å². The minimum Gasteiger partial charge on any atom is -0.358 e. The third kappa shape index (κ3) is 4.04. The average molecular weight is 444 g/mol. The molecule has 0 aliphatic carbocycles. The van der Waals surface area contributed by atoms with Crippen LogP contribution in [0.3, 0.4) is 0 Å². The van der Waals surface area contributed by atoms with Crippen molar-refractivity contribution >= 4 is 28.8 Å². The SMILES string of the molecule is CCC(C)NC(=O)c1cc(-c2csc(-c3ccccc3Cl)n2)n(C2CCCO2)c1C. The lowest BCUT2D eigenvalue weighted by Gasteiger charge is -2.18. The van der Waals surface area contributed by atoms with Gasteiger partial charge in [-0.1, -0.05) is 36.7 Å². The zero-order valence-electron chi connectivity index (χ0n) is 17.4. The molecule has 1 saturated heterocycles. The van der Waals surface area contributed by atoms with E-state index in [1.807, 2.05) is 49.6 Å². The zero-order chi connectivity index (χ0) is 21.3. The Bertz CT molecular complexity index is 1050. The van der Waals surface area contributed by atoms with E-state index in [4.69, 9.17) is 21.3 Å². The van der Waals surface area contributed by atoms with Gasteiger partial charge in [0.15, 0.2) is 0 Å². The molecule has 3 heterocycles. The Morgan fingerprint density at radius 3 is 2.93 bits per heavy atom. The summed E-state index contributed by atoms with van der Waals surface area (Å²) in [4.78, 5) is 17.8. The van der Waals surface area contributed by atoms with Crippen LogP contribution in [0.5, 0.6) is 0 Å². The minimum absolute atomic E-state index is 0.0543. The number of carbonyl (C=O) groups is 1. The average Bonchev–Trinajstić information content (AvgIpc) is 3.47. The first kappa shape index (κ1) is 21.1. The normalized spacial score (nSPS) is 17.3. The zero-order valence-corrected chi connectivity index (χ0v) is 19.0. The monoisotopic (exact) mass is 443 g/mol. The van der Waals surface area contributed by atoms with Gasteiger partial charge in [0.2, 0.25) is 0 Å². The third-order valence-electron chi connectivity index (χ3n) is 5.59. The van der Waals surface area contributed by atoms with Crippen LogP contribution in [0.25, 0.3) is 22.0 Å². The molecule has 5 nitrogen and oxygen atoms in total. The van der Waals surface area contributed by atoms with E-state index in [-0.39, 0.29) is 18.2 Å². The highest BCUT2D eigenvalue weighted by molar-refractivity contribution is 7.13. The Balaban J connectivity index is 1.76. The molecule has 1 aliphatic rings. The van der Waals surface area contributed by atoms with Crippen LogP contribution in [0, 0.1) is 6.92 Å². The molecule has 0 spiro atoms. The quantitative estimate of drug-likeness (QED) is 0.502. The van der Waals surface area contributed by atoms with Crippen LogP contribution in [-0.2, 0) is 4.74 Å². The minimum atomic E-state index is -0.0735. The Hall–Kier alpha value is -2.15. The number of halogens is 1. The maximum absolute atomic E-state index is 12.9. The molecule has 1 N–H and O–H groups in total. The first-order valence-electron chi connectivity index (χ1n) is 10.3. The molecule has 2 atom stereocenters. The van der Waals surface area contributed by atoms with Crippen molar-refractivity contribution in [2.24, 2.45) is 0 Å². The van der Waals surface area contributed by atoms with Crippen molar-refractivity contribution < 1.29 is 9.53 Å². The molecule has 30 heavy (non-hydrogen) atoms. The first-order valence-corrected chi connectivity index (χ1v) is 11.6. The number of ether oxygens (including phenoxy) is 1. The lowest BCUT2D eigenvalue weighted by molar-refractivity contribution is 0.0565. The van der Waals surface area contributed by atoms with E-state index in [1.54, 1.807) is 11.3 Å². The molecule has 3 aromatic rings. The van der Waals surface area contributed by atoms with Crippen molar-refractivity contribution in [3.63, 3.8) is 0 Å². The number of rotatable bonds is 6. The van der Waals surface area contributed by atoms with Gasteiger partial charge in [-0.3, -0.25) is 4.79 Å². The molecule has 158 valence electrons. The van der Waals surface area contributed by atoms with Gasteiger partial charge in [0.1, 0.15) is 11.2 Å². The van der Waals surface area contributed by atoms with E-state index < -0.39 is 0 Å². The number of hydrogen-bond acceptors (Lipinski definition) is 4. The molecule has 1 fully saturated rings. The number of benzene rings is 1. The first-order chi connectivity index (χ1) is 14.5. The summed E-state index contributed by atoms with van der Waals surface area (Å²) in [7, 11) is 0. The largest absolute Gasteiger partial charge is 0.358 e. The van der Waals surface area contributed by atoms with Crippen LogP contribution in [0.4, 0.5) is 0 Å². The number of thiazole rings is 1. The summed E-state index contributed by atoms with van der Waals surface area (Å²) in [5.41, 5.74) is 4.23. The lowest BCUT2D eigenvalue weighted by atomic mass is 10.2. The van der Waals surface area contributed by atoms with Crippen LogP contribution in [0.2, 0.25) is 5.02 Å². The maximum Gasteiger partial charge on any atom is 0.253 e. The molecule has 0 radical (unpaired) electrons. The predicted octanol–water partition coefficient (Wildman–Crippen LogP) is 6.08. The van der Waals surface area contributed by atoms with E-state index in [1.165, 1.54) is 0 Å². The number of hydrogen-bond donors (Lipinski definition) is 1. The van der Waals surface area contributed by atoms with E-state index in [2.05, 4.69) is 16.8 Å². The van der Waals surface area contributed by atoms with Gasteiger partial charge in [-0.05, 0) is 45.2 Å². The molecular formula is C23H26ClN3O2S. The second kappa shape index (κ2) is 8.92. The summed E-state index contributed by atoms with van der Waals surface area (Å²) in [6.07, 6.45) is 2.75. The summed E-state index contributed by atoms with van der Waals surface area (Å²) in [6.45, 7) is 6.80. The summed E-state index contributed by atoms with van der Waals surface area (Å²) in [5, 5.41) is 6.64. The Morgan fingerprint density at radius 1 is 1.43 bits per heavy atom. The van der Waals surface area contributed by atoms with Gasteiger partial charge < -0.3 is 14.6 Å². The van der Waals surface area contributed by atoms with Crippen molar-refractivity contribution in [1.82, 2.24) is 14.9 Å². The van der Waals surface area contributed by atoms with Crippen molar-refractivity contribution in [2.45, 2.75) is 52.3 Å². The molecule has 2 aromatic heterocycles. The van der Waals surface area contributed by atoms with E-state index in [0.717, 1.165) is 53.5 Å². The van der Waals surface area contributed by atoms with Crippen LogP contribution in [-0.4, -0.2) is 28.1 Å². The van der Waals surface area contributed by atoms with Gasteiger partial charge >= 0.3 is 0 Å². The van der Waals surface area contributed by atoms with E-state index in [9.17, 15) is 4.79 Å². The highest BCUT2D eigenvalue weighted by Gasteiger charge is 2.27. The number of nitrogens with zero attached hydrogens (tertiary/aromatic N) is 2. The van der Waals surface area contributed by atoms with Gasteiger partial charge in [0.05, 0.1) is 22.0 Å². The maximum atomic E-state index is 12.9. The van der Waals surface area contributed by atoms with Crippen LogP contribution in [0.15, 0.2) is 35.7 Å². The number of nitrogens with one attached hydrogen (secondary N) is 1. The van der Waals surface area contributed by atoms with Gasteiger partial charge in [0.25, 0.3) is 5.91 Å². The molecule has 1 amide bonds. The van der Waals surface area contributed by atoms with Crippen molar-refractivity contribution in [3.8, 4) is 22.0 Å². The fourth-order valence-electron chi connectivity index (χ4n) is 3.74. The van der Waals surface area contributed by atoms with Gasteiger partial charge in [-0.2, -0.15) is 0 Å². The molecule has 4 rings (SSSR count). The number of carbonyl (C=O) groups excluding carboxylic acids is 1. The molecule has 1 aliphatic heterocycles. The van der Waals surface area contributed by atoms with Gasteiger partial charge in [-0.25, -0.2) is 4.98 Å². The second-order valence-corrected chi connectivity index (χ2v) is 8.93. The molecular weight excluding hydrogens is 418 g/mol. The topological polar surface area (TPSA) is 56.2 Å². The second-order valence-electron chi connectivity index (χ2n) is 7.67. The molecule has 0 saturated carbocycles. The fourth-order valence-corrected chi connectivity index (χ4v) is 4.87. The smallest absolute Gasteiger partial charge is 0.253 e. The van der Waals surface area contributed by atoms with Crippen LogP contribution in [0.1, 0.15) is 55.4 Å². The predicted molar refractivity (Wildman–Crippen MR) is 122 cm³/mol. The Kier molecular flexibility index (Phi) is 6.27. The fraction of sp³-hybridized carbons (Fsp3) is 0.391. The van der Waals surface area contributed by atoms with Crippen LogP contribution >= 0.6 is 22.9 Å². The van der Waals surface area contributed by atoms with Gasteiger partial charge in [-0.15, -0.1) is 11.3 Å². The van der Waals surface area contributed by atoms with Crippen LogP contribution < -0.4 is 5.32 Å². The summed E-state index contributed by atoms with van der Waals surface area (Å²) in [5.74, 6) is -0.0543. The Morgan fingerprint density at radius 2 is 2.23 bits per heavy atom. The highest BCUT2D eigenvalue weighted by Crippen LogP contribution is 2.37. The van der Waals surface area contributed by atoms with Crippen molar-refractivity contribution in [3.05, 3.63) is 52.0 Å². The van der Waals surface area contributed by atoms with E-state index >= 15 is 0 Å².